The number of ether oxygens (including phenoxy) is 1. The van der Waals surface area contributed by atoms with E-state index in [2.05, 4.69) is 26.3 Å². The maximum Gasteiger partial charge on any atom is 0.227 e. The number of rotatable bonds is 6. The first kappa shape index (κ1) is 26.6. The number of carbonyl (C=O) groups is 1. The molecule has 3 N–H and O–H groups in total. The maximum atomic E-state index is 14.7. The normalized spacial score (nSPS) is 16.9. The van der Waals surface area contributed by atoms with Crippen molar-refractivity contribution in [1.82, 2.24) is 15.0 Å². The number of hydrogen-bond acceptors (Lipinski definition) is 8. The molecule has 0 aliphatic carbocycles. The Balaban J connectivity index is 1.36. The van der Waals surface area contributed by atoms with Crippen LogP contribution in [-0.2, 0) is 11.2 Å². The Hall–Kier alpha value is -4.57. The molecule has 2 aliphatic heterocycles. The molecule has 1 saturated heterocycles. The Bertz CT molecular complexity index is 1610. The number of carbonyl (C=O) groups excluding carboxylic acids is 1. The summed E-state index contributed by atoms with van der Waals surface area (Å²) in [7, 11) is 3.31. The molecule has 0 saturated carbocycles. The van der Waals surface area contributed by atoms with Gasteiger partial charge in [-0.05, 0) is 60.7 Å². The van der Waals surface area contributed by atoms with Gasteiger partial charge in [0, 0.05) is 68.0 Å². The number of amides is 1. The minimum absolute atomic E-state index is 0.0875. The second kappa shape index (κ2) is 11.1. The molecule has 0 unspecified atom stereocenters. The minimum atomic E-state index is -0.465. The predicted molar refractivity (Wildman–Crippen MR) is 158 cm³/mol. The van der Waals surface area contributed by atoms with Crippen LogP contribution in [0.1, 0.15) is 24.8 Å². The number of nitrogens with two attached hydrogens (primary N) is 1. The number of aryl methyl sites for hydroxylation is 1. The molecule has 1 fully saturated rings. The summed E-state index contributed by atoms with van der Waals surface area (Å²) in [5.74, 6) is 1.30. The maximum absolute atomic E-state index is 14.7. The van der Waals surface area contributed by atoms with E-state index in [1.54, 1.807) is 29.3 Å². The van der Waals surface area contributed by atoms with Crippen LogP contribution in [0.15, 0.2) is 60.9 Å². The fourth-order valence-corrected chi connectivity index (χ4v) is 5.62. The molecule has 9 nitrogen and oxygen atoms in total. The number of hydrogen-bond donors (Lipinski definition) is 2. The van der Waals surface area contributed by atoms with E-state index in [0.29, 0.717) is 30.2 Å². The minimum Gasteiger partial charge on any atom is -0.496 e. The van der Waals surface area contributed by atoms with Gasteiger partial charge in [0.15, 0.2) is 5.82 Å². The van der Waals surface area contributed by atoms with Crippen LogP contribution in [0.25, 0.3) is 22.5 Å². The van der Waals surface area contributed by atoms with Crippen molar-refractivity contribution in [2.24, 2.45) is 5.73 Å². The Kier molecular flexibility index (Phi) is 7.23. The number of benzene rings is 2. The van der Waals surface area contributed by atoms with Gasteiger partial charge in [0.05, 0.1) is 12.7 Å². The lowest BCUT2D eigenvalue weighted by Gasteiger charge is -2.34. The molecular weight excluding hydrogens is 521 g/mol. The zero-order valence-corrected chi connectivity index (χ0v) is 23.1. The molecule has 0 bridgehead atoms. The van der Waals surface area contributed by atoms with Gasteiger partial charge < -0.3 is 25.6 Å². The van der Waals surface area contributed by atoms with Gasteiger partial charge in [0.1, 0.15) is 23.2 Å². The fraction of sp³-hybridized carbons (Fsp3) is 0.290. The number of nitrogens with zero attached hydrogens (tertiary/aromatic N) is 5. The van der Waals surface area contributed by atoms with E-state index in [9.17, 15) is 9.18 Å². The van der Waals surface area contributed by atoms with E-state index in [0.717, 1.165) is 54.0 Å². The standard InChI is InChI=1S/C31H32FN7O2/c1-38-24-10-8-19(15-20(24)9-11-29(38)40)22-17-35-28(16-25(22)39-14-4-5-21(33)18-39)36-27-12-13-34-31(37-27)30-23(32)6-3-7-26(30)41-2/h3,6-8,10,12-13,15-17,21H,4-5,9,11,14,18,33H2,1-2H3,(H,34,35,36,37)/t21-/m0/s1. The van der Waals surface area contributed by atoms with E-state index >= 15 is 0 Å². The molecule has 4 heterocycles. The number of methoxy groups -OCH3 is 1. The Labute approximate surface area is 238 Å². The number of pyridine rings is 1. The Morgan fingerprint density at radius 3 is 2.78 bits per heavy atom. The number of anilines is 4. The lowest BCUT2D eigenvalue weighted by atomic mass is 9.95. The molecule has 1 amide bonds. The topological polar surface area (TPSA) is 109 Å². The van der Waals surface area contributed by atoms with Crippen molar-refractivity contribution in [2.75, 3.05) is 42.4 Å². The van der Waals surface area contributed by atoms with Crippen LogP contribution >= 0.6 is 0 Å². The number of piperidine rings is 1. The van der Waals surface area contributed by atoms with Crippen molar-refractivity contribution < 1.29 is 13.9 Å². The lowest BCUT2D eigenvalue weighted by molar-refractivity contribution is -0.118. The average Bonchev–Trinajstić information content (AvgIpc) is 2.99. The van der Waals surface area contributed by atoms with Crippen LogP contribution in [0.3, 0.4) is 0 Å². The molecule has 2 aliphatic rings. The third-order valence-electron chi connectivity index (χ3n) is 7.75. The summed E-state index contributed by atoms with van der Waals surface area (Å²) in [6, 6.07) is 14.6. The van der Waals surface area contributed by atoms with Crippen LogP contribution < -0.4 is 25.6 Å². The van der Waals surface area contributed by atoms with E-state index < -0.39 is 5.82 Å². The Morgan fingerprint density at radius 1 is 1.07 bits per heavy atom. The van der Waals surface area contributed by atoms with Crippen LogP contribution in [0.2, 0.25) is 0 Å². The van der Waals surface area contributed by atoms with Gasteiger partial charge in [0.25, 0.3) is 0 Å². The fourth-order valence-electron chi connectivity index (χ4n) is 5.62. The summed E-state index contributed by atoms with van der Waals surface area (Å²) in [5, 5.41) is 3.27. The van der Waals surface area contributed by atoms with E-state index in [1.165, 1.54) is 13.2 Å². The monoisotopic (exact) mass is 553 g/mol. The Morgan fingerprint density at radius 2 is 1.95 bits per heavy atom. The molecule has 10 heteroatoms. The third-order valence-corrected chi connectivity index (χ3v) is 7.75. The molecule has 41 heavy (non-hydrogen) atoms. The largest absolute Gasteiger partial charge is 0.496 e. The highest BCUT2D eigenvalue weighted by Gasteiger charge is 2.24. The SMILES string of the molecule is COc1cccc(F)c1-c1nccc(Nc2cc(N3CCC[C@H](N)C3)c(-c3ccc4c(c3)CCC(=O)N4C)cn2)n1. The second-order valence-corrected chi connectivity index (χ2v) is 10.4. The predicted octanol–water partition coefficient (Wildman–Crippen LogP) is 4.93. The molecule has 6 rings (SSSR count). The van der Waals surface area contributed by atoms with Crippen molar-refractivity contribution in [2.45, 2.75) is 31.7 Å². The highest BCUT2D eigenvalue weighted by atomic mass is 19.1. The average molecular weight is 554 g/mol. The zero-order chi connectivity index (χ0) is 28.5. The highest BCUT2D eigenvalue weighted by molar-refractivity contribution is 5.96. The van der Waals surface area contributed by atoms with Crippen LogP contribution in [-0.4, -0.2) is 54.1 Å². The zero-order valence-electron chi connectivity index (χ0n) is 23.1. The summed E-state index contributed by atoms with van der Waals surface area (Å²) >= 11 is 0. The summed E-state index contributed by atoms with van der Waals surface area (Å²) in [6.07, 6.45) is 6.64. The summed E-state index contributed by atoms with van der Waals surface area (Å²) in [4.78, 5) is 29.8. The van der Waals surface area contributed by atoms with Crippen molar-refractivity contribution in [3.05, 3.63) is 72.3 Å². The number of halogens is 1. The van der Waals surface area contributed by atoms with Crippen LogP contribution in [0.4, 0.5) is 27.4 Å². The molecule has 1 atom stereocenters. The number of fused-ring (bicyclic) bond motifs is 1. The molecule has 4 aromatic rings. The molecule has 2 aromatic carbocycles. The van der Waals surface area contributed by atoms with Gasteiger partial charge in [0.2, 0.25) is 5.91 Å². The van der Waals surface area contributed by atoms with Gasteiger partial charge in [-0.2, -0.15) is 0 Å². The van der Waals surface area contributed by atoms with Gasteiger partial charge in [-0.3, -0.25) is 4.79 Å². The van der Waals surface area contributed by atoms with E-state index in [1.807, 2.05) is 31.4 Å². The summed E-state index contributed by atoms with van der Waals surface area (Å²) < 4.78 is 20.0. The lowest BCUT2D eigenvalue weighted by Crippen LogP contribution is -2.43. The quantitative estimate of drug-likeness (QED) is 0.346. The molecule has 210 valence electrons. The van der Waals surface area contributed by atoms with Crippen molar-refractivity contribution >= 4 is 28.9 Å². The van der Waals surface area contributed by atoms with Crippen LogP contribution in [0.5, 0.6) is 5.75 Å². The number of aromatic nitrogens is 3. The van der Waals surface area contributed by atoms with E-state index in [4.69, 9.17) is 15.5 Å². The van der Waals surface area contributed by atoms with Gasteiger partial charge in [-0.25, -0.2) is 19.3 Å². The first-order valence-corrected chi connectivity index (χ1v) is 13.7. The molecule has 0 spiro atoms. The van der Waals surface area contributed by atoms with Crippen molar-refractivity contribution in [3.8, 4) is 28.3 Å². The van der Waals surface area contributed by atoms with Crippen molar-refractivity contribution in [1.29, 1.82) is 0 Å². The third kappa shape index (κ3) is 5.30. The van der Waals surface area contributed by atoms with Crippen LogP contribution in [0, 0.1) is 5.82 Å². The molecule has 2 aromatic heterocycles. The smallest absolute Gasteiger partial charge is 0.227 e. The molecular formula is C31H32FN7O2. The molecule has 0 radical (unpaired) electrons. The number of nitrogens with one attached hydrogen (secondary N) is 1. The van der Waals surface area contributed by atoms with Gasteiger partial charge in [-0.1, -0.05) is 12.1 Å². The van der Waals surface area contributed by atoms with Gasteiger partial charge >= 0.3 is 0 Å². The van der Waals surface area contributed by atoms with E-state index in [-0.39, 0.29) is 23.3 Å². The van der Waals surface area contributed by atoms with Crippen molar-refractivity contribution in [3.63, 3.8) is 0 Å². The second-order valence-electron chi connectivity index (χ2n) is 10.4. The highest BCUT2D eigenvalue weighted by Crippen LogP contribution is 2.38. The first-order chi connectivity index (χ1) is 19.9. The summed E-state index contributed by atoms with van der Waals surface area (Å²) in [5.41, 5.74) is 11.7. The first-order valence-electron chi connectivity index (χ1n) is 13.7. The summed E-state index contributed by atoms with van der Waals surface area (Å²) in [6.45, 7) is 1.63. The van der Waals surface area contributed by atoms with Gasteiger partial charge in [-0.15, -0.1) is 0 Å².